The van der Waals surface area contributed by atoms with Crippen molar-refractivity contribution in [2.75, 3.05) is 7.05 Å². The van der Waals surface area contributed by atoms with Gasteiger partial charge in [0.15, 0.2) is 0 Å². The van der Waals surface area contributed by atoms with Gasteiger partial charge in [-0.1, -0.05) is 6.07 Å². The molecule has 0 aromatic carbocycles. The zero-order valence-electron chi connectivity index (χ0n) is 11.4. The first-order chi connectivity index (χ1) is 9.28. The SMILES string of the molecule is CNC(c1ccc(C)nc1)c1nc2c(s1)CCCC2. The van der Waals surface area contributed by atoms with Crippen molar-refractivity contribution in [2.24, 2.45) is 0 Å². The van der Waals surface area contributed by atoms with Crippen molar-refractivity contribution in [1.82, 2.24) is 15.3 Å². The predicted molar refractivity (Wildman–Crippen MR) is 78.6 cm³/mol. The van der Waals surface area contributed by atoms with E-state index in [4.69, 9.17) is 4.98 Å². The Hall–Kier alpha value is -1.26. The van der Waals surface area contributed by atoms with E-state index in [1.165, 1.54) is 40.4 Å². The van der Waals surface area contributed by atoms with E-state index < -0.39 is 0 Å². The van der Waals surface area contributed by atoms with Gasteiger partial charge in [0.2, 0.25) is 0 Å². The minimum Gasteiger partial charge on any atom is -0.307 e. The van der Waals surface area contributed by atoms with E-state index in [-0.39, 0.29) is 6.04 Å². The first kappa shape index (κ1) is 12.8. The summed E-state index contributed by atoms with van der Waals surface area (Å²) in [7, 11) is 1.99. The Kier molecular flexibility index (Phi) is 3.62. The second-order valence-electron chi connectivity index (χ2n) is 5.08. The summed E-state index contributed by atoms with van der Waals surface area (Å²) in [6.45, 7) is 2.01. The summed E-state index contributed by atoms with van der Waals surface area (Å²) in [6.07, 6.45) is 6.90. The van der Waals surface area contributed by atoms with Gasteiger partial charge in [-0.25, -0.2) is 4.98 Å². The van der Waals surface area contributed by atoms with E-state index in [1.54, 1.807) is 0 Å². The first-order valence-corrected chi connectivity index (χ1v) is 7.68. The quantitative estimate of drug-likeness (QED) is 0.934. The second-order valence-corrected chi connectivity index (χ2v) is 6.20. The third-order valence-electron chi connectivity index (χ3n) is 3.67. The molecule has 19 heavy (non-hydrogen) atoms. The maximum atomic E-state index is 4.85. The molecule has 1 atom stereocenters. The van der Waals surface area contributed by atoms with Crippen LogP contribution in [0.2, 0.25) is 0 Å². The number of pyridine rings is 1. The molecule has 0 bridgehead atoms. The van der Waals surface area contributed by atoms with Crippen LogP contribution >= 0.6 is 11.3 Å². The molecule has 0 amide bonds. The summed E-state index contributed by atoms with van der Waals surface area (Å²) in [5, 5.41) is 4.55. The molecule has 3 rings (SSSR count). The van der Waals surface area contributed by atoms with Crippen LogP contribution in [-0.4, -0.2) is 17.0 Å². The molecule has 1 aliphatic carbocycles. The normalized spacial score (nSPS) is 16.1. The molecule has 1 aliphatic rings. The number of nitrogens with one attached hydrogen (secondary N) is 1. The first-order valence-electron chi connectivity index (χ1n) is 6.86. The molecule has 0 radical (unpaired) electrons. The van der Waals surface area contributed by atoms with Crippen molar-refractivity contribution >= 4 is 11.3 Å². The molecule has 0 fully saturated rings. The van der Waals surface area contributed by atoms with E-state index in [0.717, 1.165) is 12.1 Å². The topological polar surface area (TPSA) is 37.8 Å². The van der Waals surface area contributed by atoms with Crippen molar-refractivity contribution in [2.45, 2.75) is 38.6 Å². The molecular weight excluding hydrogens is 254 g/mol. The third-order valence-corrected chi connectivity index (χ3v) is 4.89. The van der Waals surface area contributed by atoms with Gasteiger partial charge in [0.05, 0.1) is 11.7 Å². The van der Waals surface area contributed by atoms with Gasteiger partial charge in [0.25, 0.3) is 0 Å². The average Bonchev–Trinajstić information content (AvgIpc) is 2.85. The number of nitrogens with zero attached hydrogens (tertiary/aromatic N) is 2. The lowest BCUT2D eigenvalue weighted by atomic mass is 10.0. The van der Waals surface area contributed by atoms with Crippen LogP contribution in [0.1, 0.15) is 45.7 Å². The lowest BCUT2D eigenvalue weighted by molar-refractivity contribution is 0.660. The van der Waals surface area contributed by atoms with Crippen molar-refractivity contribution in [3.05, 3.63) is 45.2 Å². The highest BCUT2D eigenvalue weighted by molar-refractivity contribution is 7.11. The van der Waals surface area contributed by atoms with Crippen LogP contribution in [0.3, 0.4) is 0 Å². The van der Waals surface area contributed by atoms with Crippen molar-refractivity contribution in [1.29, 1.82) is 0 Å². The fraction of sp³-hybridized carbons (Fsp3) is 0.467. The summed E-state index contributed by atoms with van der Waals surface area (Å²) in [6, 6.07) is 4.38. The third kappa shape index (κ3) is 2.55. The fourth-order valence-electron chi connectivity index (χ4n) is 2.58. The van der Waals surface area contributed by atoms with Gasteiger partial charge < -0.3 is 5.32 Å². The summed E-state index contributed by atoms with van der Waals surface area (Å²) < 4.78 is 0. The van der Waals surface area contributed by atoms with Crippen LogP contribution in [-0.2, 0) is 12.8 Å². The number of aryl methyl sites for hydroxylation is 3. The van der Waals surface area contributed by atoms with Crippen molar-refractivity contribution < 1.29 is 0 Å². The number of hydrogen-bond acceptors (Lipinski definition) is 4. The van der Waals surface area contributed by atoms with Gasteiger partial charge in [-0.3, -0.25) is 4.98 Å². The van der Waals surface area contributed by atoms with E-state index in [2.05, 4.69) is 22.4 Å². The van der Waals surface area contributed by atoms with E-state index in [1.807, 2.05) is 31.5 Å². The Labute approximate surface area is 118 Å². The molecule has 1 unspecified atom stereocenters. The maximum Gasteiger partial charge on any atom is 0.115 e. The monoisotopic (exact) mass is 273 g/mol. The largest absolute Gasteiger partial charge is 0.307 e. The summed E-state index contributed by atoms with van der Waals surface area (Å²) >= 11 is 1.87. The number of aromatic nitrogens is 2. The highest BCUT2D eigenvalue weighted by Gasteiger charge is 2.21. The van der Waals surface area contributed by atoms with Gasteiger partial charge >= 0.3 is 0 Å². The molecule has 1 N–H and O–H groups in total. The van der Waals surface area contributed by atoms with Gasteiger partial charge in [-0.15, -0.1) is 11.3 Å². The lowest BCUT2D eigenvalue weighted by Crippen LogP contribution is -2.17. The van der Waals surface area contributed by atoms with Gasteiger partial charge in [0, 0.05) is 16.8 Å². The smallest absolute Gasteiger partial charge is 0.115 e. The van der Waals surface area contributed by atoms with Crippen molar-refractivity contribution in [3.63, 3.8) is 0 Å². The Bertz CT molecular complexity index is 536. The Morgan fingerprint density at radius 2 is 2.11 bits per heavy atom. The molecule has 4 heteroatoms. The molecule has 0 aliphatic heterocycles. The Balaban J connectivity index is 1.93. The number of rotatable bonds is 3. The van der Waals surface area contributed by atoms with E-state index >= 15 is 0 Å². The summed E-state index contributed by atoms with van der Waals surface area (Å²) in [5.41, 5.74) is 3.57. The standard InChI is InChI=1S/C15H19N3S/c1-10-7-8-11(9-17-10)14(16-2)15-18-12-5-3-4-6-13(12)19-15/h7-9,14,16H,3-6H2,1-2H3. The minimum atomic E-state index is 0.170. The molecule has 2 aromatic heterocycles. The van der Waals surface area contributed by atoms with E-state index in [0.29, 0.717) is 0 Å². The fourth-order valence-corrected chi connectivity index (χ4v) is 3.87. The number of thiazole rings is 1. The van der Waals surface area contributed by atoms with Gasteiger partial charge in [-0.05, 0) is 51.3 Å². The summed E-state index contributed by atoms with van der Waals surface area (Å²) in [5.74, 6) is 0. The average molecular weight is 273 g/mol. The molecule has 0 spiro atoms. The van der Waals surface area contributed by atoms with Crippen LogP contribution in [0.5, 0.6) is 0 Å². The predicted octanol–water partition coefficient (Wildman–Crippen LogP) is 3.03. The molecule has 100 valence electrons. The van der Waals surface area contributed by atoms with E-state index in [9.17, 15) is 0 Å². The molecule has 2 aromatic rings. The Morgan fingerprint density at radius 3 is 2.79 bits per heavy atom. The van der Waals surface area contributed by atoms with Crippen molar-refractivity contribution in [3.8, 4) is 0 Å². The van der Waals surface area contributed by atoms with Crippen LogP contribution in [0, 0.1) is 6.92 Å². The molecule has 3 nitrogen and oxygen atoms in total. The van der Waals surface area contributed by atoms with Crippen LogP contribution in [0.4, 0.5) is 0 Å². The van der Waals surface area contributed by atoms with Gasteiger partial charge in [0.1, 0.15) is 5.01 Å². The highest BCUT2D eigenvalue weighted by Crippen LogP contribution is 2.32. The highest BCUT2D eigenvalue weighted by atomic mass is 32.1. The van der Waals surface area contributed by atoms with Crippen LogP contribution in [0.15, 0.2) is 18.3 Å². The zero-order valence-corrected chi connectivity index (χ0v) is 12.3. The summed E-state index contributed by atoms with van der Waals surface area (Å²) in [4.78, 5) is 10.7. The van der Waals surface area contributed by atoms with Gasteiger partial charge in [-0.2, -0.15) is 0 Å². The second kappa shape index (κ2) is 5.39. The van der Waals surface area contributed by atoms with Crippen LogP contribution in [0.25, 0.3) is 0 Å². The zero-order chi connectivity index (χ0) is 13.2. The number of fused-ring (bicyclic) bond motifs is 1. The lowest BCUT2D eigenvalue weighted by Gasteiger charge is -2.13. The molecular formula is C15H19N3S. The maximum absolute atomic E-state index is 4.85. The van der Waals surface area contributed by atoms with Crippen LogP contribution < -0.4 is 5.32 Å². The minimum absolute atomic E-state index is 0.170. The number of hydrogen-bond donors (Lipinski definition) is 1. The molecule has 0 saturated heterocycles. The molecule has 2 heterocycles. The molecule has 0 saturated carbocycles. The Morgan fingerprint density at radius 1 is 1.26 bits per heavy atom.